The number of fused-ring (bicyclic) bond motifs is 6. The Morgan fingerprint density at radius 3 is 2.78 bits per heavy atom. The number of para-hydroxylation sites is 1. The Labute approximate surface area is 107 Å². The summed E-state index contributed by atoms with van der Waals surface area (Å²) in [4.78, 5) is 7.05. The molecule has 0 spiro atoms. The zero-order valence-corrected chi connectivity index (χ0v) is 10.4. The average Bonchev–Trinajstić information content (AvgIpc) is 2.88. The second-order valence-electron chi connectivity index (χ2n) is 4.87. The molecule has 2 heterocycles. The van der Waals surface area contributed by atoms with E-state index in [0.29, 0.717) is 0 Å². The molecule has 4 rings (SSSR count). The van der Waals surface area contributed by atoms with Crippen molar-refractivity contribution in [3.63, 3.8) is 0 Å². The molecule has 0 N–H and O–H groups in total. The highest BCUT2D eigenvalue weighted by molar-refractivity contribution is 6.20. The third kappa shape index (κ3) is 1.15. The van der Waals surface area contributed by atoms with Crippen LogP contribution in [0.3, 0.4) is 0 Å². The van der Waals surface area contributed by atoms with Gasteiger partial charge in [0.1, 0.15) is 5.84 Å². The second kappa shape index (κ2) is 3.45. The number of anilines is 1. The van der Waals surface area contributed by atoms with Gasteiger partial charge in [-0.3, -0.25) is 4.99 Å². The van der Waals surface area contributed by atoms with Crippen molar-refractivity contribution in [3.8, 4) is 11.1 Å². The number of hydrogen-bond acceptors (Lipinski definition) is 2. The molecule has 2 aromatic carbocycles. The van der Waals surface area contributed by atoms with Crippen LogP contribution >= 0.6 is 0 Å². The van der Waals surface area contributed by atoms with Crippen LogP contribution in [0.2, 0.25) is 0 Å². The van der Waals surface area contributed by atoms with Crippen LogP contribution in [-0.2, 0) is 0 Å². The minimum Gasteiger partial charge on any atom is -0.324 e. The Morgan fingerprint density at radius 2 is 1.83 bits per heavy atom. The second-order valence-corrected chi connectivity index (χ2v) is 4.87. The predicted molar refractivity (Wildman–Crippen MR) is 75.4 cm³/mol. The maximum atomic E-state index is 4.70. The van der Waals surface area contributed by atoms with Crippen molar-refractivity contribution < 1.29 is 0 Å². The third-order valence-corrected chi connectivity index (χ3v) is 3.82. The smallest absolute Gasteiger partial charge is 0.136 e. The normalized spacial score (nSPS) is 15.8. The SMILES string of the molecule is Cc1cccc2c1C1=NCCN1c1ccccc1-2. The topological polar surface area (TPSA) is 15.6 Å². The van der Waals surface area contributed by atoms with Crippen molar-refractivity contribution in [1.29, 1.82) is 0 Å². The molecule has 0 aliphatic carbocycles. The minimum absolute atomic E-state index is 0.900. The Kier molecular flexibility index (Phi) is 1.90. The fraction of sp³-hybridized carbons (Fsp3) is 0.188. The quantitative estimate of drug-likeness (QED) is 0.683. The monoisotopic (exact) mass is 234 g/mol. The Balaban J connectivity index is 2.12. The van der Waals surface area contributed by atoms with Crippen LogP contribution < -0.4 is 4.90 Å². The maximum absolute atomic E-state index is 4.70. The zero-order chi connectivity index (χ0) is 12.1. The summed E-state index contributed by atoms with van der Waals surface area (Å²) in [7, 11) is 0. The van der Waals surface area contributed by atoms with Crippen LogP contribution in [0.5, 0.6) is 0 Å². The highest BCUT2D eigenvalue weighted by Crippen LogP contribution is 2.41. The van der Waals surface area contributed by atoms with Gasteiger partial charge in [-0.05, 0) is 24.1 Å². The maximum Gasteiger partial charge on any atom is 0.136 e. The van der Waals surface area contributed by atoms with E-state index in [0.717, 1.165) is 18.9 Å². The number of rotatable bonds is 0. The molecular formula is C16H14N2. The van der Waals surface area contributed by atoms with Crippen LogP contribution in [0.1, 0.15) is 11.1 Å². The molecule has 0 radical (unpaired) electrons. The van der Waals surface area contributed by atoms with E-state index in [1.807, 2.05) is 0 Å². The Morgan fingerprint density at radius 1 is 1.00 bits per heavy atom. The van der Waals surface area contributed by atoms with Gasteiger partial charge >= 0.3 is 0 Å². The summed E-state index contributed by atoms with van der Waals surface area (Å²) in [6, 6.07) is 15.1. The summed E-state index contributed by atoms with van der Waals surface area (Å²) in [6.45, 7) is 4.07. The van der Waals surface area contributed by atoms with E-state index in [9.17, 15) is 0 Å². The van der Waals surface area contributed by atoms with Crippen LogP contribution in [-0.4, -0.2) is 18.9 Å². The van der Waals surface area contributed by atoms with Gasteiger partial charge in [-0.25, -0.2) is 0 Å². The van der Waals surface area contributed by atoms with E-state index < -0.39 is 0 Å². The molecule has 2 aromatic rings. The summed E-state index contributed by atoms with van der Waals surface area (Å²) in [5, 5.41) is 0. The summed E-state index contributed by atoms with van der Waals surface area (Å²) in [5.74, 6) is 1.15. The first-order valence-corrected chi connectivity index (χ1v) is 6.37. The summed E-state index contributed by atoms with van der Waals surface area (Å²) < 4.78 is 0. The molecule has 0 fully saturated rings. The van der Waals surface area contributed by atoms with E-state index in [4.69, 9.17) is 4.99 Å². The van der Waals surface area contributed by atoms with Gasteiger partial charge in [-0.1, -0.05) is 36.4 Å². The molecule has 0 bridgehead atoms. The van der Waals surface area contributed by atoms with Crippen LogP contribution in [0.4, 0.5) is 5.69 Å². The third-order valence-electron chi connectivity index (χ3n) is 3.82. The lowest BCUT2D eigenvalue weighted by atomic mass is 9.90. The first-order valence-electron chi connectivity index (χ1n) is 6.37. The van der Waals surface area contributed by atoms with E-state index in [2.05, 4.69) is 54.3 Å². The van der Waals surface area contributed by atoms with Crippen molar-refractivity contribution in [2.75, 3.05) is 18.0 Å². The molecule has 2 nitrogen and oxygen atoms in total. The molecule has 88 valence electrons. The van der Waals surface area contributed by atoms with Gasteiger partial charge in [-0.2, -0.15) is 0 Å². The first kappa shape index (κ1) is 9.89. The van der Waals surface area contributed by atoms with Gasteiger partial charge in [-0.15, -0.1) is 0 Å². The fourth-order valence-corrected chi connectivity index (χ4v) is 3.02. The predicted octanol–water partition coefficient (Wildman–Crippen LogP) is 3.24. The summed E-state index contributed by atoms with van der Waals surface area (Å²) in [6.07, 6.45) is 0. The number of amidine groups is 1. The Bertz CT molecular complexity index is 671. The molecule has 0 atom stereocenters. The molecule has 2 aliphatic heterocycles. The number of nitrogens with zero attached hydrogens (tertiary/aromatic N) is 2. The van der Waals surface area contributed by atoms with E-state index in [-0.39, 0.29) is 0 Å². The average molecular weight is 234 g/mol. The molecule has 0 aromatic heterocycles. The molecule has 0 amide bonds. The fourth-order valence-electron chi connectivity index (χ4n) is 3.02. The van der Waals surface area contributed by atoms with Gasteiger partial charge in [0.05, 0.1) is 12.2 Å². The van der Waals surface area contributed by atoms with Gasteiger partial charge < -0.3 is 4.90 Å². The van der Waals surface area contributed by atoms with Gasteiger partial charge in [0, 0.05) is 17.7 Å². The number of benzene rings is 2. The van der Waals surface area contributed by atoms with Gasteiger partial charge in [0.15, 0.2) is 0 Å². The lowest BCUT2D eigenvalue weighted by Crippen LogP contribution is -2.32. The van der Waals surface area contributed by atoms with Crippen molar-refractivity contribution in [3.05, 3.63) is 53.6 Å². The molecular weight excluding hydrogens is 220 g/mol. The van der Waals surface area contributed by atoms with Crippen molar-refractivity contribution >= 4 is 11.5 Å². The van der Waals surface area contributed by atoms with E-state index >= 15 is 0 Å². The van der Waals surface area contributed by atoms with Crippen LogP contribution in [0, 0.1) is 6.92 Å². The Hall–Kier alpha value is -2.09. The molecule has 0 saturated carbocycles. The molecule has 2 aliphatic rings. The summed E-state index contributed by atoms with van der Waals surface area (Å²) in [5.41, 5.74) is 6.58. The first-order chi connectivity index (χ1) is 8.86. The lowest BCUT2D eigenvalue weighted by Gasteiger charge is -2.31. The molecule has 18 heavy (non-hydrogen) atoms. The molecule has 2 heteroatoms. The van der Waals surface area contributed by atoms with Crippen LogP contribution in [0.15, 0.2) is 47.5 Å². The standard InChI is InChI=1S/C16H14N2/c1-11-5-4-7-13-12-6-2-3-8-14(12)18-10-9-17-16(18)15(11)13/h2-8H,9-10H2,1H3. The number of hydrogen-bond donors (Lipinski definition) is 0. The van der Waals surface area contributed by atoms with Crippen molar-refractivity contribution in [2.45, 2.75) is 6.92 Å². The van der Waals surface area contributed by atoms with E-state index in [1.165, 1.54) is 27.9 Å². The van der Waals surface area contributed by atoms with E-state index in [1.54, 1.807) is 0 Å². The highest BCUT2D eigenvalue weighted by Gasteiger charge is 2.30. The minimum atomic E-state index is 0.900. The highest BCUT2D eigenvalue weighted by atomic mass is 15.2. The zero-order valence-electron chi connectivity index (χ0n) is 10.4. The lowest BCUT2D eigenvalue weighted by molar-refractivity contribution is 1.02. The number of aliphatic imine (C=N–C) groups is 1. The summed E-state index contributed by atoms with van der Waals surface area (Å²) >= 11 is 0. The molecule has 0 unspecified atom stereocenters. The van der Waals surface area contributed by atoms with Gasteiger partial charge in [0.25, 0.3) is 0 Å². The van der Waals surface area contributed by atoms with Crippen molar-refractivity contribution in [2.24, 2.45) is 4.99 Å². The largest absolute Gasteiger partial charge is 0.324 e. The van der Waals surface area contributed by atoms with Crippen LogP contribution in [0.25, 0.3) is 11.1 Å². The van der Waals surface area contributed by atoms with Gasteiger partial charge in [0.2, 0.25) is 0 Å². The van der Waals surface area contributed by atoms with Crippen molar-refractivity contribution in [1.82, 2.24) is 0 Å². The molecule has 0 saturated heterocycles. The number of aryl methyl sites for hydroxylation is 1.